The van der Waals surface area contributed by atoms with Crippen molar-refractivity contribution in [2.24, 2.45) is 0 Å². The molecule has 1 N–H and O–H groups in total. The van der Waals surface area contributed by atoms with Crippen LogP contribution >= 0.6 is 0 Å². The first-order valence-electron chi connectivity index (χ1n) is 18.4. The van der Waals surface area contributed by atoms with E-state index in [2.05, 4.69) is 43.3 Å². The fraction of sp³-hybridized carbons (Fsp3) is 0.548. The Labute approximate surface area is 285 Å². The molecule has 0 aromatic heterocycles. The number of rotatable bonds is 28. The molecule has 0 spiro atoms. The zero-order chi connectivity index (χ0) is 33.3. The third-order valence-electron chi connectivity index (χ3n) is 8.86. The summed E-state index contributed by atoms with van der Waals surface area (Å²) in [6, 6.07) is 30.9. The Kier molecular flexibility index (Phi) is 19.8. The summed E-state index contributed by atoms with van der Waals surface area (Å²) in [4.78, 5) is 11.1. The summed E-state index contributed by atoms with van der Waals surface area (Å²) in [6.45, 7) is 4.01. The molecule has 47 heavy (non-hydrogen) atoms. The molecule has 3 rings (SSSR count). The average Bonchev–Trinajstić information content (AvgIpc) is 3.11. The number of hydrogen-bond donors (Lipinski definition) is 1. The summed E-state index contributed by atoms with van der Waals surface area (Å²) in [7, 11) is 0. The van der Waals surface area contributed by atoms with Crippen molar-refractivity contribution >= 4 is 5.97 Å². The van der Waals surface area contributed by atoms with Crippen LogP contribution in [0.2, 0.25) is 0 Å². The number of carboxylic acids is 1. The molecule has 0 aliphatic carbocycles. The maximum absolute atomic E-state index is 11.1. The fourth-order valence-electron chi connectivity index (χ4n) is 6.22. The molecule has 1 unspecified atom stereocenters. The first-order chi connectivity index (χ1) is 23.2. The van der Waals surface area contributed by atoms with Crippen molar-refractivity contribution in [2.75, 3.05) is 26.4 Å². The van der Waals surface area contributed by atoms with Crippen molar-refractivity contribution in [3.63, 3.8) is 0 Å². The molecule has 0 heterocycles. The predicted molar refractivity (Wildman–Crippen MR) is 193 cm³/mol. The number of hydrogen-bond acceptors (Lipinski definition) is 4. The van der Waals surface area contributed by atoms with Gasteiger partial charge in [0.25, 0.3) is 0 Å². The van der Waals surface area contributed by atoms with Gasteiger partial charge in [-0.1, -0.05) is 181 Å². The van der Waals surface area contributed by atoms with Gasteiger partial charge in [-0.2, -0.15) is 0 Å². The number of ether oxygens (including phenoxy) is 3. The quantitative estimate of drug-likeness (QED) is 0.0629. The Morgan fingerprint density at radius 1 is 0.574 bits per heavy atom. The van der Waals surface area contributed by atoms with Crippen LogP contribution in [-0.4, -0.2) is 43.6 Å². The SMILES string of the molecule is CCCCCCCCCCCCCCCCOCC(COC(c1ccccc1)(c1ccccc1)c1ccccc1)OCCCC(=O)O. The highest BCUT2D eigenvalue weighted by Crippen LogP contribution is 2.40. The van der Waals surface area contributed by atoms with Gasteiger partial charge in [-0.25, -0.2) is 0 Å². The Balaban J connectivity index is 1.50. The van der Waals surface area contributed by atoms with Gasteiger partial charge in [-0.3, -0.25) is 4.79 Å². The summed E-state index contributed by atoms with van der Waals surface area (Å²) in [5.41, 5.74) is 2.25. The number of carboxylic acid groups (broad SMARTS) is 1. The maximum atomic E-state index is 11.1. The van der Waals surface area contributed by atoms with E-state index in [-0.39, 0.29) is 12.5 Å². The van der Waals surface area contributed by atoms with Crippen molar-refractivity contribution < 1.29 is 24.1 Å². The third kappa shape index (κ3) is 14.8. The maximum Gasteiger partial charge on any atom is 0.303 e. The van der Waals surface area contributed by atoms with Crippen molar-refractivity contribution in [1.82, 2.24) is 0 Å². The molecule has 0 amide bonds. The monoisotopic (exact) mass is 644 g/mol. The molecule has 0 aliphatic heterocycles. The molecule has 5 heteroatoms. The van der Waals surface area contributed by atoms with Gasteiger partial charge in [0.2, 0.25) is 0 Å². The van der Waals surface area contributed by atoms with E-state index in [0.717, 1.165) is 23.1 Å². The Morgan fingerprint density at radius 2 is 1.00 bits per heavy atom. The lowest BCUT2D eigenvalue weighted by Gasteiger charge is -2.37. The summed E-state index contributed by atoms with van der Waals surface area (Å²) >= 11 is 0. The van der Waals surface area contributed by atoms with Gasteiger partial charge in [-0.15, -0.1) is 0 Å². The predicted octanol–water partition coefficient (Wildman–Crippen LogP) is 10.7. The molecule has 3 aromatic carbocycles. The van der Waals surface area contributed by atoms with Gasteiger partial charge in [-0.05, 0) is 29.5 Å². The van der Waals surface area contributed by atoms with Crippen LogP contribution in [0.25, 0.3) is 0 Å². The van der Waals surface area contributed by atoms with Crippen molar-refractivity contribution in [3.05, 3.63) is 108 Å². The molecule has 5 nitrogen and oxygen atoms in total. The number of benzene rings is 3. The summed E-state index contributed by atoms with van der Waals surface area (Å²) < 4.78 is 19.3. The van der Waals surface area contributed by atoms with Crippen LogP contribution in [0.15, 0.2) is 91.0 Å². The molecule has 258 valence electrons. The van der Waals surface area contributed by atoms with E-state index in [0.29, 0.717) is 32.8 Å². The number of unbranched alkanes of at least 4 members (excludes halogenated alkanes) is 13. The smallest absolute Gasteiger partial charge is 0.303 e. The lowest BCUT2D eigenvalue weighted by Crippen LogP contribution is -2.37. The minimum absolute atomic E-state index is 0.0788. The molecule has 1 atom stereocenters. The van der Waals surface area contributed by atoms with Crippen LogP contribution in [-0.2, 0) is 24.6 Å². The molecule has 0 saturated heterocycles. The van der Waals surface area contributed by atoms with Crippen molar-refractivity contribution in [1.29, 1.82) is 0 Å². The zero-order valence-corrected chi connectivity index (χ0v) is 29.0. The van der Waals surface area contributed by atoms with E-state index in [4.69, 9.17) is 19.3 Å². The standard InChI is InChI=1S/C42H60O5/c1-2-3-4-5-6-7-8-9-10-11-12-13-14-24-33-45-35-40(46-34-25-32-41(43)44)36-47-42(37-26-18-15-19-27-37,38-28-20-16-21-29-38)39-30-22-17-23-31-39/h15-23,26-31,40H,2-14,24-25,32-36H2,1H3,(H,43,44). The van der Waals surface area contributed by atoms with E-state index in [1.807, 2.05) is 54.6 Å². The molecular formula is C42H60O5. The molecule has 3 aromatic rings. The van der Waals surface area contributed by atoms with Crippen LogP contribution in [0.5, 0.6) is 0 Å². The fourth-order valence-corrected chi connectivity index (χ4v) is 6.22. The van der Waals surface area contributed by atoms with Crippen LogP contribution < -0.4 is 0 Å². The van der Waals surface area contributed by atoms with Gasteiger partial charge in [0.05, 0.1) is 13.2 Å². The Morgan fingerprint density at radius 3 is 1.43 bits per heavy atom. The van der Waals surface area contributed by atoms with E-state index in [1.165, 1.54) is 83.5 Å². The van der Waals surface area contributed by atoms with Gasteiger partial charge >= 0.3 is 5.97 Å². The summed E-state index contributed by atoms with van der Waals surface area (Å²) in [5.74, 6) is -0.813. The largest absolute Gasteiger partial charge is 0.481 e. The van der Waals surface area contributed by atoms with E-state index in [9.17, 15) is 4.79 Å². The Bertz CT molecular complexity index is 1070. The molecule has 0 radical (unpaired) electrons. The molecule has 0 bridgehead atoms. The molecule has 0 fully saturated rings. The second kappa shape index (κ2) is 24.2. The highest BCUT2D eigenvalue weighted by Gasteiger charge is 2.38. The van der Waals surface area contributed by atoms with Crippen molar-refractivity contribution in [2.45, 2.75) is 121 Å². The normalized spacial score (nSPS) is 12.3. The summed E-state index contributed by atoms with van der Waals surface area (Å²) in [6.07, 6.45) is 18.8. The highest BCUT2D eigenvalue weighted by molar-refractivity contribution is 5.66. The second-order valence-electron chi connectivity index (χ2n) is 12.8. The second-order valence-corrected chi connectivity index (χ2v) is 12.8. The average molecular weight is 645 g/mol. The van der Waals surface area contributed by atoms with E-state index >= 15 is 0 Å². The van der Waals surface area contributed by atoms with Crippen LogP contribution in [0, 0.1) is 0 Å². The minimum Gasteiger partial charge on any atom is -0.481 e. The zero-order valence-electron chi connectivity index (χ0n) is 29.0. The van der Waals surface area contributed by atoms with Crippen LogP contribution in [0.1, 0.15) is 126 Å². The van der Waals surface area contributed by atoms with E-state index in [1.54, 1.807) is 0 Å². The van der Waals surface area contributed by atoms with Gasteiger partial charge in [0.1, 0.15) is 11.7 Å². The van der Waals surface area contributed by atoms with Gasteiger partial charge in [0.15, 0.2) is 0 Å². The van der Waals surface area contributed by atoms with Crippen LogP contribution in [0.3, 0.4) is 0 Å². The summed E-state index contributed by atoms with van der Waals surface area (Å²) in [5, 5.41) is 9.12. The number of aliphatic carboxylic acids is 1. The topological polar surface area (TPSA) is 65.0 Å². The molecule has 0 aliphatic rings. The lowest BCUT2D eigenvalue weighted by molar-refractivity contribution is -0.137. The molecule has 0 saturated carbocycles. The molecular weight excluding hydrogens is 584 g/mol. The van der Waals surface area contributed by atoms with Crippen LogP contribution in [0.4, 0.5) is 0 Å². The first kappa shape index (κ1) is 38.5. The van der Waals surface area contributed by atoms with Gasteiger partial charge < -0.3 is 19.3 Å². The Hall–Kier alpha value is -2.99. The van der Waals surface area contributed by atoms with Gasteiger partial charge in [0, 0.05) is 19.6 Å². The first-order valence-corrected chi connectivity index (χ1v) is 18.4. The highest BCUT2D eigenvalue weighted by atomic mass is 16.6. The minimum atomic E-state index is -0.846. The van der Waals surface area contributed by atoms with E-state index < -0.39 is 11.6 Å². The number of carbonyl (C=O) groups is 1. The van der Waals surface area contributed by atoms with Crippen molar-refractivity contribution in [3.8, 4) is 0 Å². The third-order valence-corrected chi connectivity index (χ3v) is 8.86. The lowest BCUT2D eigenvalue weighted by atomic mass is 9.80.